The SMILES string of the molecule is CCOC(OCC)C(=O)c1cccc2c1C1=C2CC(C)=CC1=O. The number of hydrogen-bond donors (Lipinski definition) is 0. The molecule has 0 radical (unpaired) electrons. The van der Waals surface area contributed by atoms with Gasteiger partial charge in [-0.1, -0.05) is 23.8 Å². The van der Waals surface area contributed by atoms with Gasteiger partial charge in [-0.15, -0.1) is 0 Å². The summed E-state index contributed by atoms with van der Waals surface area (Å²) in [7, 11) is 0. The molecule has 0 bridgehead atoms. The fourth-order valence-electron chi connectivity index (χ4n) is 3.21. The molecule has 0 saturated heterocycles. The van der Waals surface area contributed by atoms with Crippen LogP contribution in [0.25, 0.3) is 11.1 Å². The summed E-state index contributed by atoms with van der Waals surface area (Å²) in [4.78, 5) is 25.1. The van der Waals surface area contributed by atoms with Crippen LogP contribution in [-0.2, 0) is 14.3 Å². The number of carbonyl (C=O) groups excluding carboxylic acids is 2. The van der Waals surface area contributed by atoms with Gasteiger partial charge in [-0.05, 0) is 44.4 Å². The maximum atomic E-state index is 12.8. The molecule has 0 atom stereocenters. The number of rotatable bonds is 6. The summed E-state index contributed by atoms with van der Waals surface area (Å²) in [6.45, 7) is 6.37. The van der Waals surface area contributed by atoms with Crippen molar-refractivity contribution >= 4 is 22.7 Å². The Hall–Kier alpha value is -2.04. The fraction of sp³-hybridized carbons (Fsp3) is 0.368. The van der Waals surface area contributed by atoms with Gasteiger partial charge in [0.2, 0.25) is 12.1 Å². The third-order valence-corrected chi connectivity index (χ3v) is 4.14. The molecule has 0 N–H and O–H groups in total. The van der Waals surface area contributed by atoms with E-state index in [2.05, 4.69) is 0 Å². The van der Waals surface area contributed by atoms with Crippen molar-refractivity contribution in [2.75, 3.05) is 13.2 Å². The maximum absolute atomic E-state index is 12.8. The van der Waals surface area contributed by atoms with Gasteiger partial charge >= 0.3 is 0 Å². The van der Waals surface area contributed by atoms with Gasteiger partial charge in [-0.3, -0.25) is 9.59 Å². The molecule has 1 aromatic rings. The first kappa shape index (κ1) is 15.8. The fourth-order valence-corrected chi connectivity index (χ4v) is 3.21. The van der Waals surface area contributed by atoms with Crippen LogP contribution in [0.1, 0.15) is 48.7 Å². The second-order valence-corrected chi connectivity index (χ2v) is 5.72. The molecule has 23 heavy (non-hydrogen) atoms. The minimum absolute atomic E-state index is 0.0131. The van der Waals surface area contributed by atoms with Gasteiger partial charge in [0.25, 0.3) is 0 Å². The van der Waals surface area contributed by atoms with Crippen LogP contribution in [0.5, 0.6) is 0 Å². The number of carbonyl (C=O) groups is 2. The van der Waals surface area contributed by atoms with Crippen LogP contribution >= 0.6 is 0 Å². The maximum Gasteiger partial charge on any atom is 0.222 e. The Labute approximate surface area is 135 Å². The van der Waals surface area contributed by atoms with E-state index in [1.807, 2.05) is 32.9 Å². The summed E-state index contributed by atoms with van der Waals surface area (Å²) >= 11 is 0. The normalized spacial score (nSPS) is 16.0. The quantitative estimate of drug-likeness (QED) is 0.596. The number of ether oxygens (including phenoxy) is 2. The number of benzene rings is 1. The topological polar surface area (TPSA) is 52.6 Å². The van der Waals surface area contributed by atoms with E-state index in [-0.39, 0.29) is 11.6 Å². The first-order valence-corrected chi connectivity index (χ1v) is 7.94. The average molecular weight is 312 g/mol. The van der Waals surface area contributed by atoms with Gasteiger partial charge in [0.15, 0.2) is 5.78 Å². The Morgan fingerprint density at radius 3 is 2.57 bits per heavy atom. The number of allylic oxidation sites excluding steroid dienone is 4. The van der Waals surface area contributed by atoms with Gasteiger partial charge in [-0.2, -0.15) is 0 Å². The molecule has 0 saturated carbocycles. The van der Waals surface area contributed by atoms with Crippen LogP contribution in [0.15, 0.2) is 29.8 Å². The van der Waals surface area contributed by atoms with E-state index < -0.39 is 6.29 Å². The van der Waals surface area contributed by atoms with Gasteiger partial charge in [0, 0.05) is 29.9 Å². The highest BCUT2D eigenvalue weighted by Crippen LogP contribution is 2.48. The van der Waals surface area contributed by atoms with Crippen molar-refractivity contribution in [3.63, 3.8) is 0 Å². The highest BCUT2D eigenvalue weighted by molar-refractivity contribution is 6.40. The number of fused-ring (bicyclic) bond motifs is 3. The Morgan fingerprint density at radius 2 is 1.91 bits per heavy atom. The molecule has 1 aromatic carbocycles. The molecule has 0 aromatic heterocycles. The van der Waals surface area contributed by atoms with E-state index in [0.29, 0.717) is 24.4 Å². The monoisotopic (exact) mass is 312 g/mol. The zero-order valence-electron chi connectivity index (χ0n) is 13.6. The van der Waals surface area contributed by atoms with E-state index in [1.165, 1.54) is 0 Å². The van der Waals surface area contributed by atoms with Crippen molar-refractivity contribution in [3.8, 4) is 0 Å². The third-order valence-electron chi connectivity index (χ3n) is 4.14. The average Bonchev–Trinajstić information content (AvgIpc) is 2.51. The third kappa shape index (κ3) is 2.58. The van der Waals surface area contributed by atoms with E-state index in [1.54, 1.807) is 12.1 Å². The van der Waals surface area contributed by atoms with Crippen LogP contribution in [0.3, 0.4) is 0 Å². The highest BCUT2D eigenvalue weighted by Gasteiger charge is 2.37. The molecule has 0 fully saturated rings. The van der Waals surface area contributed by atoms with Crippen molar-refractivity contribution in [1.29, 1.82) is 0 Å². The molecule has 4 heteroatoms. The molecule has 0 heterocycles. The Kier molecular flexibility index (Phi) is 4.28. The molecule has 4 nitrogen and oxygen atoms in total. The molecular weight excluding hydrogens is 292 g/mol. The molecule has 0 spiro atoms. The molecule has 3 rings (SSSR count). The largest absolute Gasteiger partial charge is 0.346 e. The summed E-state index contributed by atoms with van der Waals surface area (Å²) in [6.07, 6.45) is 1.51. The number of hydrogen-bond acceptors (Lipinski definition) is 4. The van der Waals surface area contributed by atoms with Crippen molar-refractivity contribution < 1.29 is 19.1 Å². The zero-order chi connectivity index (χ0) is 16.6. The van der Waals surface area contributed by atoms with Crippen molar-refractivity contribution in [2.24, 2.45) is 0 Å². The minimum Gasteiger partial charge on any atom is -0.346 e. The first-order chi connectivity index (χ1) is 11.1. The minimum atomic E-state index is -0.919. The van der Waals surface area contributed by atoms with Crippen molar-refractivity contribution in [1.82, 2.24) is 0 Å². The molecule has 2 aliphatic rings. The van der Waals surface area contributed by atoms with Crippen molar-refractivity contribution in [2.45, 2.75) is 33.5 Å². The summed E-state index contributed by atoms with van der Waals surface area (Å²) in [5.41, 5.74) is 5.04. The summed E-state index contributed by atoms with van der Waals surface area (Å²) in [5, 5.41) is 0. The Morgan fingerprint density at radius 1 is 1.22 bits per heavy atom. The van der Waals surface area contributed by atoms with Crippen LogP contribution in [0.2, 0.25) is 0 Å². The second kappa shape index (κ2) is 6.22. The van der Waals surface area contributed by atoms with Crippen LogP contribution < -0.4 is 0 Å². The van der Waals surface area contributed by atoms with Crippen molar-refractivity contribution in [3.05, 3.63) is 46.5 Å². The summed E-state index contributed by atoms with van der Waals surface area (Å²) < 4.78 is 10.8. The van der Waals surface area contributed by atoms with E-state index in [9.17, 15) is 9.59 Å². The lowest BCUT2D eigenvalue weighted by Gasteiger charge is -2.32. The van der Waals surface area contributed by atoms with Gasteiger partial charge in [0.1, 0.15) is 0 Å². The number of ketones is 2. The lowest BCUT2D eigenvalue weighted by atomic mass is 9.70. The van der Waals surface area contributed by atoms with Gasteiger partial charge < -0.3 is 9.47 Å². The van der Waals surface area contributed by atoms with Crippen LogP contribution in [0, 0.1) is 0 Å². The molecule has 2 aliphatic carbocycles. The van der Waals surface area contributed by atoms with E-state index >= 15 is 0 Å². The molecule has 0 unspecified atom stereocenters. The van der Waals surface area contributed by atoms with Gasteiger partial charge in [-0.25, -0.2) is 0 Å². The van der Waals surface area contributed by atoms with Crippen LogP contribution in [0.4, 0.5) is 0 Å². The molecule has 120 valence electrons. The zero-order valence-corrected chi connectivity index (χ0v) is 13.6. The highest BCUT2D eigenvalue weighted by atomic mass is 16.7. The standard InChI is InChI=1S/C19H20O4/c1-4-22-19(23-5-2)18(21)13-8-6-7-12-14-9-11(3)10-15(20)17(14)16(12)13/h6-8,10,19H,4-5,9H2,1-3H3. The first-order valence-electron chi connectivity index (χ1n) is 7.94. The smallest absolute Gasteiger partial charge is 0.222 e. The molecule has 0 aliphatic heterocycles. The predicted molar refractivity (Wildman–Crippen MR) is 88.0 cm³/mol. The van der Waals surface area contributed by atoms with Crippen LogP contribution in [-0.4, -0.2) is 31.1 Å². The van der Waals surface area contributed by atoms with Gasteiger partial charge in [0.05, 0.1) is 0 Å². The lowest BCUT2D eigenvalue weighted by molar-refractivity contribution is -0.109. The molecule has 0 amide bonds. The molecular formula is C19H20O4. The summed E-state index contributed by atoms with van der Waals surface area (Å²) in [6, 6.07) is 5.56. The second-order valence-electron chi connectivity index (χ2n) is 5.72. The lowest BCUT2D eigenvalue weighted by Crippen LogP contribution is -2.30. The summed E-state index contributed by atoms with van der Waals surface area (Å²) in [5.74, 6) is -0.239. The van der Waals surface area contributed by atoms with E-state index in [0.717, 1.165) is 28.7 Å². The number of Topliss-reactive ketones (excluding diaryl/α,β-unsaturated/α-hetero) is 1. The predicted octanol–water partition coefficient (Wildman–Crippen LogP) is 3.41. The van der Waals surface area contributed by atoms with E-state index in [4.69, 9.17) is 9.47 Å². The Bertz CT molecular complexity index is 734. The Balaban J connectivity index is 1.98.